The van der Waals surface area contributed by atoms with E-state index in [4.69, 9.17) is 46.4 Å². The van der Waals surface area contributed by atoms with E-state index in [9.17, 15) is 0 Å². The minimum Gasteiger partial charge on any atom is -0.340 e. The smallest absolute Gasteiger partial charge is 0.190 e. The van der Waals surface area contributed by atoms with Gasteiger partial charge in [-0.2, -0.15) is 0 Å². The van der Waals surface area contributed by atoms with Gasteiger partial charge in [0.15, 0.2) is 5.16 Å². The van der Waals surface area contributed by atoms with Crippen LogP contribution in [0.15, 0.2) is 47.6 Å². The molecule has 0 bridgehead atoms. The number of thioether (sulfide) groups is 1. The number of rotatable bonds is 5. The van der Waals surface area contributed by atoms with Crippen LogP contribution in [-0.2, 0) is 5.75 Å². The lowest BCUT2D eigenvalue weighted by Crippen LogP contribution is -1.99. The fourth-order valence-corrected chi connectivity index (χ4v) is 4.42. The van der Waals surface area contributed by atoms with Crippen molar-refractivity contribution in [2.45, 2.75) is 17.8 Å². The summed E-state index contributed by atoms with van der Waals surface area (Å²) in [6, 6.07) is 12.5. The first-order chi connectivity index (χ1) is 12.4. The van der Waals surface area contributed by atoms with Crippen LogP contribution in [0, 0.1) is 6.92 Å². The molecule has 0 amide bonds. The Morgan fingerprint density at radius 2 is 1.58 bits per heavy atom. The summed E-state index contributed by atoms with van der Waals surface area (Å²) in [7, 11) is 0. The molecule has 1 aromatic heterocycles. The molecule has 0 aliphatic rings. The van der Waals surface area contributed by atoms with E-state index in [1.165, 1.54) is 11.8 Å². The van der Waals surface area contributed by atoms with Gasteiger partial charge in [0.2, 0.25) is 0 Å². The van der Waals surface area contributed by atoms with Gasteiger partial charge in [0.25, 0.3) is 0 Å². The third-order valence-electron chi connectivity index (χ3n) is 3.38. The molecule has 134 valence electrons. The second kappa shape index (κ2) is 8.68. The van der Waals surface area contributed by atoms with E-state index in [0.29, 0.717) is 36.8 Å². The van der Waals surface area contributed by atoms with Crippen molar-refractivity contribution >= 4 is 69.7 Å². The van der Waals surface area contributed by atoms with E-state index in [1.807, 2.05) is 31.2 Å². The van der Waals surface area contributed by atoms with Crippen molar-refractivity contribution in [1.29, 1.82) is 0 Å². The first-order valence-corrected chi connectivity index (χ1v) is 10.0. The highest BCUT2D eigenvalue weighted by Gasteiger charge is 2.09. The van der Waals surface area contributed by atoms with Crippen LogP contribution in [0.25, 0.3) is 0 Å². The van der Waals surface area contributed by atoms with Gasteiger partial charge in [0, 0.05) is 43.3 Å². The van der Waals surface area contributed by atoms with Gasteiger partial charge >= 0.3 is 0 Å². The van der Waals surface area contributed by atoms with E-state index in [2.05, 4.69) is 15.3 Å². The minimum atomic E-state index is 0.550. The Morgan fingerprint density at radius 1 is 0.923 bits per heavy atom. The summed E-state index contributed by atoms with van der Waals surface area (Å²) in [5.41, 5.74) is 2.45. The summed E-state index contributed by atoms with van der Waals surface area (Å²) in [4.78, 5) is 8.99. The molecule has 3 nitrogen and oxygen atoms in total. The van der Waals surface area contributed by atoms with Crippen molar-refractivity contribution in [3.05, 3.63) is 73.8 Å². The van der Waals surface area contributed by atoms with Crippen LogP contribution in [0.3, 0.4) is 0 Å². The van der Waals surface area contributed by atoms with Crippen LogP contribution in [-0.4, -0.2) is 9.97 Å². The SMILES string of the molecule is Cc1cc(Nc2cc(Cl)cc(Cl)c2)nc(SCc2c(Cl)cccc2Cl)n1. The molecule has 0 aliphatic carbocycles. The van der Waals surface area contributed by atoms with Crippen LogP contribution in [0.2, 0.25) is 20.1 Å². The van der Waals surface area contributed by atoms with Crippen molar-refractivity contribution < 1.29 is 0 Å². The summed E-state index contributed by atoms with van der Waals surface area (Å²) in [6.07, 6.45) is 0. The topological polar surface area (TPSA) is 37.8 Å². The van der Waals surface area contributed by atoms with Crippen molar-refractivity contribution in [2.75, 3.05) is 5.32 Å². The fourth-order valence-electron chi connectivity index (χ4n) is 2.25. The highest BCUT2D eigenvalue weighted by molar-refractivity contribution is 7.98. The van der Waals surface area contributed by atoms with Crippen LogP contribution in [0.5, 0.6) is 0 Å². The molecule has 0 atom stereocenters. The lowest BCUT2D eigenvalue weighted by atomic mass is 10.2. The number of nitrogens with zero attached hydrogens (tertiary/aromatic N) is 2. The molecule has 2 aromatic carbocycles. The van der Waals surface area contributed by atoms with Crippen molar-refractivity contribution in [3.8, 4) is 0 Å². The Labute approximate surface area is 176 Å². The lowest BCUT2D eigenvalue weighted by Gasteiger charge is -2.10. The molecule has 0 fully saturated rings. The van der Waals surface area contributed by atoms with Gasteiger partial charge in [0.1, 0.15) is 5.82 Å². The molecule has 0 saturated heterocycles. The highest BCUT2D eigenvalue weighted by Crippen LogP contribution is 2.31. The van der Waals surface area contributed by atoms with Gasteiger partial charge in [-0.15, -0.1) is 0 Å². The van der Waals surface area contributed by atoms with Gasteiger partial charge in [-0.05, 0) is 42.8 Å². The first-order valence-electron chi connectivity index (χ1n) is 7.55. The first kappa shape index (κ1) is 19.6. The molecule has 1 N–H and O–H groups in total. The van der Waals surface area contributed by atoms with Gasteiger partial charge in [-0.3, -0.25) is 0 Å². The molecular formula is C18H13Cl4N3S. The predicted octanol–water partition coefficient (Wildman–Crippen LogP) is 7.43. The molecule has 0 unspecified atom stereocenters. The van der Waals surface area contributed by atoms with Gasteiger partial charge in [0.05, 0.1) is 0 Å². The highest BCUT2D eigenvalue weighted by atomic mass is 35.5. The van der Waals surface area contributed by atoms with Gasteiger partial charge in [-0.25, -0.2) is 9.97 Å². The van der Waals surface area contributed by atoms with E-state index < -0.39 is 0 Å². The van der Waals surface area contributed by atoms with E-state index in [1.54, 1.807) is 18.2 Å². The Balaban J connectivity index is 1.79. The zero-order chi connectivity index (χ0) is 18.7. The molecule has 8 heteroatoms. The standard InChI is InChI=1S/C18H13Cl4N3S/c1-10-5-17(24-13-7-11(19)6-12(20)8-13)25-18(23-10)26-9-14-15(21)3-2-4-16(14)22/h2-8H,9H2,1H3,(H,23,24,25). The largest absolute Gasteiger partial charge is 0.340 e. The van der Waals surface area contributed by atoms with Crippen molar-refractivity contribution in [2.24, 2.45) is 0 Å². The molecule has 0 aliphatic heterocycles. The van der Waals surface area contributed by atoms with Crippen LogP contribution in [0.1, 0.15) is 11.3 Å². The third kappa shape index (κ3) is 5.18. The zero-order valence-electron chi connectivity index (χ0n) is 13.6. The zero-order valence-corrected chi connectivity index (χ0v) is 17.4. The maximum Gasteiger partial charge on any atom is 0.190 e. The Hall–Kier alpha value is -1.17. The molecule has 1 heterocycles. The van der Waals surface area contributed by atoms with Crippen molar-refractivity contribution in [1.82, 2.24) is 9.97 Å². The van der Waals surface area contributed by atoms with E-state index in [-0.39, 0.29) is 0 Å². The number of aryl methyl sites for hydroxylation is 1. The summed E-state index contributed by atoms with van der Waals surface area (Å²) < 4.78 is 0. The molecule has 3 rings (SSSR count). The van der Waals surface area contributed by atoms with Crippen LogP contribution < -0.4 is 5.32 Å². The van der Waals surface area contributed by atoms with Gasteiger partial charge in [-0.1, -0.05) is 64.2 Å². The normalized spacial score (nSPS) is 10.8. The summed E-state index contributed by atoms with van der Waals surface area (Å²) in [5, 5.41) is 6.18. The fraction of sp³-hybridized carbons (Fsp3) is 0.111. The van der Waals surface area contributed by atoms with E-state index in [0.717, 1.165) is 16.9 Å². The molecular weight excluding hydrogens is 432 g/mol. The molecule has 0 saturated carbocycles. The molecule has 3 aromatic rings. The Bertz CT molecular complexity index is 909. The Morgan fingerprint density at radius 3 is 2.23 bits per heavy atom. The minimum absolute atomic E-state index is 0.550. The predicted molar refractivity (Wildman–Crippen MR) is 113 cm³/mol. The summed E-state index contributed by atoms with van der Waals surface area (Å²) in [5.74, 6) is 1.23. The van der Waals surface area contributed by atoms with E-state index >= 15 is 0 Å². The van der Waals surface area contributed by atoms with Gasteiger partial charge < -0.3 is 5.32 Å². The average Bonchev–Trinajstić information content (AvgIpc) is 2.53. The van der Waals surface area contributed by atoms with Crippen LogP contribution in [0.4, 0.5) is 11.5 Å². The molecule has 0 radical (unpaired) electrons. The monoisotopic (exact) mass is 443 g/mol. The second-order valence-corrected chi connectivity index (χ2v) is 8.08. The average molecular weight is 445 g/mol. The number of anilines is 2. The van der Waals surface area contributed by atoms with Crippen LogP contribution >= 0.6 is 58.2 Å². The molecule has 0 spiro atoms. The number of nitrogens with one attached hydrogen (secondary N) is 1. The quantitative estimate of drug-likeness (QED) is 0.327. The maximum absolute atomic E-state index is 6.22. The van der Waals surface area contributed by atoms with Crippen molar-refractivity contribution in [3.63, 3.8) is 0 Å². The number of halogens is 4. The second-order valence-electron chi connectivity index (χ2n) is 5.45. The number of aromatic nitrogens is 2. The molecule has 26 heavy (non-hydrogen) atoms. The number of benzene rings is 2. The summed E-state index contributed by atoms with van der Waals surface area (Å²) in [6.45, 7) is 1.91. The lowest BCUT2D eigenvalue weighted by molar-refractivity contribution is 0.937. The number of hydrogen-bond acceptors (Lipinski definition) is 4. The number of hydrogen-bond donors (Lipinski definition) is 1. The Kier molecular flexibility index (Phi) is 6.54. The summed E-state index contributed by atoms with van der Waals surface area (Å²) >= 11 is 26.0. The third-order valence-corrected chi connectivity index (χ3v) is 5.39. The maximum atomic E-state index is 6.22.